The average molecular weight is 409 g/mol. The molecule has 6 nitrogen and oxygen atoms in total. The average Bonchev–Trinajstić information content (AvgIpc) is 2.88. The molecular formula is C19H15F4N3O3. The van der Waals surface area contributed by atoms with Crippen molar-refractivity contribution < 1.29 is 31.9 Å². The maximum absolute atomic E-state index is 13.9. The third kappa shape index (κ3) is 3.30. The molecule has 1 aliphatic heterocycles. The van der Waals surface area contributed by atoms with Gasteiger partial charge in [0.1, 0.15) is 5.82 Å². The van der Waals surface area contributed by atoms with Crippen LogP contribution < -0.4 is 15.5 Å². The smallest absolute Gasteiger partial charge is 0.314 e. The molecule has 1 atom stereocenters. The van der Waals surface area contributed by atoms with Crippen LogP contribution in [0.25, 0.3) is 0 Å². The van der Waals surface area contributed by atoms with Crippen molar-refractivity contribution in [2.75, 3.05) is 4.90 Å². The number of anilines is 1. The zero-order valence-corrected chi connectivity index (χ0v) is 15.2. The van der Waals surface area contributed by atoms with Gasteiger partial charge in [-0.3, -0.25) is 14.9 Å². The number of carbonyl (C=O) groups is 3. The molecule has 2 N–H and O–H groups in total. The quantitative estimate of drug-likeness (QED) is 0.604. The van der Waals surface area contributed by atoms with Gasteiger partial charge in [0.05, 0.1) is 11.3 Å². The highest BCUT2D eigenvalue weighted by Crippen LogP contribution is 2.36. The van der Waals surface area contributed by atoms with E-state index in [0.717, 1.165) is 17.7 Å². The molecule has 4 amide bonds. The molecule has 0 aliphatic carbocycles. The van der Waals surface area contributed by atoms with E-state index in [0.29, 0.717) is 10.5 Å². The number of aryl methyl sites for hydroxylation is 2. The first-order chi connectivity index (χ1) is 13.5. The van der Waals surface area contributed by atoms with Gasteiger partial charge < -0.3 is 5.32 Å². The molecule has 1 aliphatic rings. The number of amides is 4. The van der Waals surface area contributed by atoms with E-state index >= 15 is 0 Å². The highest BCUT2D eigenvalue weighted by molar-refractivity contribution is 6.24. The van der Waals surface area contributed by atoms with Crippen LogP contribution in [0.15, 0.2) is 42.5 Å². The zero-order chi connectivity index (χ0) is 21.6. The number of carbonyl (C=O) groups excluding carboxylic acids is 3. The minimum atomic E-state index is -5.39. The molecule has 0 spiro atoms. The minimum absolute atomic E-state index is 0.0955. The number of alkyl halides is 3. The Morgan fingerprint density at radius 2 is 1.72 bits per heavy atom. The Morgan fingerprint density at radius 3 is 2.31 bits per heavy atom. The van der Waals surface area contributed by atoms with Crippen molar-refractivity contribution in [1.29, 1.82) is 0 Å². The molecular weight excluding hydrogens is 394 g/mol. The number of nitrogens with one attached hydrogen (secondary N) is 2. The Hall–Kier alpha value is -3.43. The van der Waals surface area contributed by atoms with Gasteiger partial charge in [-0.15, -0.1) is 0 Å². The summed E-state index contributed by atoms with van der Waals surface area (Å²) in [6.45, 7) is 3.41. The molecule has 0 unspecified atom stereocenters. The fourth-order valence-electron chi connectivity index (χ4n) is 2.86. The predicted octanol–water partition coefficient (Wildman–Crippen LogP) is 3.19. The highest BCUT2D eigenvalue weighted by atomic mass is 19.4. The molecule has 1 heterocycles. The van der Waals surface area contributed by atoms with E-state index in [-0.39, 0.29) is 5.69 Å². The zero-order valence-electron chi connectivity index (χ0n) is 15.2. The Bertz CT molecular complexity index is 1020. The molecule has 0 aromatic heterocycles. The van der Waals surface area contributed by atoms with Crippen LogP contribution >= 0.6 is 0 Å². The molecule has 10 heteroatoms. The van der Waals surface area contributed by atoms with E-state index in [4.69, 9.17) is 0 Å². The first-order valence-corrected chi connectivity index (χ1v) is 8.35. The highest BCUT2D eigenvalue weighted by Gasteiger charge is 2.69. The molecule has 2 aromatic rings. The minimum Gasteiger partial charge on any atom is -0.314 e. The van der Waals surface area contributed by atoms with Gasteiger partial charge in [0.15, 0.2) is 0 Å². The second kappa shape index (κ2) is 6.87. The van der Waals surface area contributed by atoms with Crippen LogP contribution in [0.3, 0.4) is 0 Å². The van der Waals surface area contributed by atoms with Gasteiger partial charge in [-0.25, -0.2) is 14.1 Å². The summed E-state index contributed by atoms with van der Waals surface area (Å²) in [5, 5.41) is 2.99. The van der Waals surface area contributed by atoms with Crippen molar-refractivity contribution in [2.45, 2.75) is 25.7 Å². The Morgan fingerprint density at radius 1 is 1.07 bits per heavy atom. The van der Waals surface area contributed by atoms with Crippen molar-refractivity contribution in [3.8, 4) is 0 Å². The largest absolute Gasteiger partial charge is 0.440 e. The lowest BCUT2D eigenvalue weighted by Gasteiger charge is -2.29. The second-order valence-electron chi connectivity index (χ2n) is 6.52. The Balaban J connectivity index is 2.04. The van der Waals surface area contributed by atoms with Gasteiger partial charge in [0.25, 0.3) is 17.5 Å². The molecule has 1 saturated heterocycles. The summed E-state index contributed by atoms with van der Waals surface area (Å²) in [6.07, 6.45) is -5.39. The number of rotatable bonds is 3. The summed E-state index contributed by atoms with van der Waals surface area (Å²) in [5.41, 5.74) is -3.09. The fourth-order valence-corrected chi connectivity index (χ4v) is 2.86. The number of hydrogen-bond acceptors (Lipinski definition) is 3. The molecule has 2 aromatic carbocycles. The second-order valence-corrected chi connectivity index (χ2v) is 6.52. The summed E-state index contributed by atoms with van der Waals surface area (Å²) < 4.78 is 55.4. The van der Waals surface area contributed by atoms with E-state index in [2.05, 4.69) is 0 Å². The summed E-state index contributed by atoms with van der Waals surface area (Å²) in [5.74, 6) is -4.33. The van der Waals surface area contributed by atoms with Gasteiger partial charge >= 0.3 is 12.2 Å². The lowest BCUT2D eigenvalue weighted by molar-refractivity contribution is -0.197. The fraction of sp³-hybridized carbons (Fsp3) is 0.211. The van der Waals surface area contributed by atoms with Crippen LogP contribution in [-0.2, 0) is 4.79 Å². The predicted molar refractivity (Wildman–Crippen MR) is 94.6 cm³/mol. The van der Waals surface area contributed by atoms with E-state index in [1.807, 2.05) is 0 Å². The van der Waals surface area contributed by atoms with E-state index in [1.165, 1.54) is 41.0 Å². The Kier molecular flexibility index (Phi) is 4.81. The molecule has 3 rings (SSSR count). The van der Waals surface area contributed by atoms with Gasteiger partial charge in [-0.2, -0.15) is 13.2 Å². The number of hydrogen-bond donors (Lipinski definition) is 2. The summed E-state index contributed by atoms with van der Waals surface area (Å²) in [4.78, 5) is 37.6. The van der Waals surface area contributed by atoms with Crippen molar-refractivity contribution in [2.24, 2.45) is 0 Å². The first kappa shape index (κ1) is 20.3. The van der Waals surface area contributed by atoms with Crippen molar-refractivity contribution in [1.82, 2.24) is 10.6 Å². The maximum Gasteiger partial charge on any atom is 0.440 e. The molecule has 152 valence electrons. The Labute approximate surface area is 162 Å². The third-order valence-corrected chi connectivity index (χ3v) is 4.61. The number of halogens is 4. The molecule has 1 fully saturated rings. The van der Waals surface area contributed by atoms with Crippen LogP contribution in [-0.4, -0.2) is 29.7 Å². The molecule has 29 heavy (non-hydrogen) atoms. The van der Waals surface area contributed by atoms with Gasteiger partial charge in [0.2, 0.25) is 0 Å². The SMILES string of the molecule is Cc1ccc(N2C(=O)N[C@](NC(=O)c3ccccc3F)(C(F)(F)F)C2=O)cc1C. The van der Waals surface area contributed by atoms with Gasteiger partial charge in [0, 0.05) is 0 Å². The van der Waals surface area contributed by atoms with Gasteiger partial charge in [-0.05, 0) is 49.2 Å². The third-order valence-electron chi connectivity index (χ3n) is 4.61. The number of nitrogens with zero attached hydrogens (tertiary/aromatic N) is 1. The molecule has 0 saturated carbocycles. The lowest BCUT2D eigenvalue weighted by Crippen LogP contribution is -2.69. The van der Waals surface area contributed by atoms with Crippen LogP contribution in [0.5, 0.6) is 0 Å². The first-order valence-electron chi connectivity index (χ1n) is 8.35. The van der Waals surface area contributed by atoms with E-state index < -0.39 is 41.1 Å². The van der Waals surface area contributed by atoms with Crippen LogP contribution in [0.1, 0.15) is 21.5 Å². The van der Waals surface area contributed by atoms with Crippen LogP contribution in [0.4, 0.5) is 28.0 Å². The van der Waals surface area contributed by atoms with Crippen LogP contribution in [0.2, 0.25) is 0 Å². The summed E-state index contributed by atoms with van der Waals surface area (Å²) in [7, 11) is 0. The van der Waals surface area contributed by atoms with Gasteiger partial charge in [-0.1, -0.05) is 18.2 Å². The lowest BCUT2D eigenvalue weighted by atomic mass is 10.1. The normalized spacial score (nSPS) is 19.3. The van der Waals surface area contributed by atoms with Crippen molar-refractivity contribution in [3.05, 3.63) is 65.0 Å². The van der Waals surface area contributed by atoms with E-state index in [1.54, 1.807) is 13.8 Å². The number of urea groups is 1. The van der Waals surface area contributed by atoms with Crippen molar-refractivity contribution >= 4 is 23.5 Å². The van der Waals surface area contributed by atoms with E-state index in [9.17, 15) is 31.9 Å². The maximum atomic E-state index is 13.9. The monoisotopic (exact) mass is 409 g/mol. The van der Waals surface area contributed by atoms with Crippen molar-refractivity contribution in [3.63, 3.8) is 0 Å². The standard InChI is InChI=1S/C19H15F4N3O3/c1-10-7-8-12(9-11(10)2)26-16(28)18(19(21,22)23,25-17(26)29)24-15(27)13-5-3-4-6-14(13)20/h3-9H,1-2H3,(H,24,27)(H,25,29)/t18-/m0/s1. The number of benzene rings is 2. The van der Waals surface area contributed by atoms with Crippen LogP contribution in [0, 0.1) is 19.7 Å². The molecule has 0 bridgehead atoms. The molecule has 0 radical (unpaired) electrons. The topological polar surface area (TPSA) is 78.5 Å². The number of imide groups is 1. The summed E-state index contributed by atoms with van der Waals surface area (Å²) >= 11 is 0. The summed E-state index contributed by atoms with van der Waals surface area (Å²) in [6, 6.07) is 7.18.